The molecule has 206 valence electrons. The third kappa shape index (κ3) is 9.03. The van der Waals surface area contributed by atoms with Gasteiger partial charge in [0.25, 0.3) is 0 Å². The Kier molecular flexibility index (Phi) is 10.3. The lowest BCUT2D eigenvalue weighted by Gasteiger charge is -2.25. The van der Waals surface area contributed by atoms with Gasteiger partial charge in [-0.25, -0.2) is 4.79 Å². The zero-order chi connectivity index (χ0) is 28.4. The zero-order valence-corrected chi connectivity index (χ0v) is 21.8. The molecule has 10 heteroatoms. The van der Waals surface area contributed by atoms with E-state index in [1.165, 1.54) is 24.5 Å². The van der Waals surface area contributed by atoms with E-state index in [-0.39, 0.29) is 30.3 Å². The van der Waals surface area contributed by atoms with E-state index in [4.69, 9.17) is 4.42 Å². The van der Waals surface area contributed by atoms with Crippen LogP contribution in [0.15, 0.2) is 77.4 Å². The summed E-state index contributed by atoms with van der Waals surface area (Å²) in [4.78, 5) is 51.3. The summed E-state index contributed by atoms with van der Waals surface area (Å²) in [6.45, 7) is 3.83. The van der Waals surface area contributed by atoms with Gasteiger partial charge in [-0.1, -0.05) is 56.3 Å². The van der Waals surface area contributed by atoms with Crippen LogP contribution in [0.5, 0.6) is 5.75 Å². The number of benzene rings is 2. The fourth-order valence-electron chi connectivity index (χ4n) is 4.12. The number of furan rings is 1. The van der Waals surface area contributed by atoms with Crippen molar-refractivity contribution in [3.8, 4) is 5.75 Å². The van der Waals surface area contributed by atoms with Crippen molar-refractivity contribution in [3.05, 3.63) is 89.9 Å². The van der Waals surface area contributed by atoms with Gasteiger partial charge in [-0.2, -0.15) is 0 Å². The second kappa shape index (κ2) is 13.8. The van der Waals surface area contributed by atoms with Gasteiger partial charge in [0, 0.05) is 12.8 Å². The molecule has 2 aromatic carbocycles. The lowest BCUT2D eigenvalue weighted by Crippen LogP contribution is -2.56. The molecular weight excluding hydrogens is 502 g/mol. The molecule has 3 aromatic rings. The van der Waals surface area contributed by atoms with Gasteiger partial charge >= 0.3 is 6.09 Å². The van der Waals surface area contributed by atoms with Gasteiger partial charge in [-0.3, -0.25) is 14.4 Å². The summed E-state index contributed by atoms with van der Waals surface area (Å²) in [6.07, 6.45) is 0.429. The topological polar surface area (TPSA) is 158 Å². The summed E-state index contributed by atoms with van der Waals surface area (Å²) in [5, 5.41) is 26.6. The standard InChI is InChI=1S/C29H33N3O7/c1-18(2)15-22(26(34)25-9-6-14-39-25)30-27(35)23(17-20-10-12-21(33)13-11-20)31-28(36)24(32-29(37)38)16-19-7-4-3-5-8-19/h3-14,18,22-24,32-33H,15-17H2,1-2H3,(H,30,35)(H,31,36)(H,37,38). The number of rotatable bonds is 13. The van der Waals surface area contributed by atoms with Gasteiger partial charge in [-0.05, 0) is 47.7 Å². The third-order valence-electron chi connectivity index (χ3n) is 6.01. The molecule has 1 aromatic heterocycles. The molecule has 0 radical (unpaired) electrons. The second-order valence-corrected chi connectivity index (χ2v) is 9.66. The van der Waals surface area contributed by atoms with Crippen LogP contribution in [-0.2, 0) is 22.4 Å². The number of hydrogen-bond donors (Lipinski definition) is 5. The molecule has 0 aliphatic heterocycles. The summed E-state index contributed by atoms with van der Waals surface area (Å²) in [5.74, 6) is -1.50. The Morgan fingerprint density at radius 2 is 1.31 bits per heavy atom. The first-order valence-corrected chi connectivity index (χ1v) is 12.6. The van der Waals surface area contributed by atoms with Gasteiger partial charge < -0.3 is 30.6 Å². The number of nitrogens with one attached hydrogen (secondary N) is 3. The van der Waals surface area contributed by atoms with Crippen molar-refractivity contribution in [1.82, 2.24) is 16.0 Å². The van der Waals surface area contributed by atoms with E-state index in [1.807, 2.05) is 13.8 Å². The third-order valence-corrected chi connectivity index (χ3v) is 6.01. The minimum absolute atomic E-state index is 0.0341. The molecule has 0 fully saturated rings. The average Bonchev–Trinajstić information content (AvgIpc) is 3.43. The van der Waals surface area contributed by atoms with E-state index in [0.29, 0.717) is 12.0 Å². The highest BCUT2D eigenvalue weighted by Gasteiger charge is 2.31. The quantitative estimate of drug-likeness (QED) is 0.210. The van der Waals surface area contributed by atoms with Gasteiger partial charge in [0.05, 0.1) is 12.3 Å². The van der Waals surface area contributed by atoms with Crippen LogP contribution in [0.25, 0.3) is 0 Å². The van der Waals surface area contributed by atoms with Crippen LogP contribution < -0.4 is 16.0 Å². The summed E-state index contributed by atoms with van der Waals surface area (Å²) < 4.78 is 5.24. The average molecular weight is 536 g/mol. The van der Waals surface area contributed by atoms with Gasteiger partial charge in [0.1, 0.15) is 17.8 Å². The second-order valence-electron chi connectivity index (χ2n) is 9.66. The maximum atomic E-state index is 13.5. The van der Waals surface area contributed by atoms with E-state index >= 15 is 0 Å². The molecule has 3 rings (SSSR count). The maximum Gasteiger partial charge on any atom is 0.405 e. The number of carbonyl (C=O) groups is 4. The number of Topliss-reactive ketones (excluding diaryl/α,β-unsaturated/α-hetero) is 1. The molecule has 0 aliphatic carbocycles. The number of ketones is 1. The van der Waals surface area contributed by atoms with Crippen molar-refractivity contribution in [2.24, 2.45) is 5.92 Å². The van der Waals surface area contributed by atoms with Crippen LogP contribution in [0, 0.1) is 5.92 Å². The van der Waals surface area contributed by atoms with Crippen molar-refractivity contribution in [1.29, 1.82) is 0 Å². The SMILES string of the molecule is CC(C)CC(NC(=O)C(Cc1ccc(O)cc1)NC(=O)C(Cc1ccccc1)NC(=O)O)C(=O)c1ccco1. The normalized spacial score (nSPS) is 13.2. The number of phenols is 1. The van der Waals surface area contributed by atoms with Crippen molar-refractivity contribution in [3.63, 3.8) is 0 Å². The lowest BCUT2D eigenvalue weighted by atomic mass is 9.97. The molecule has 5 N–H and O–H groups in total. The van der Waals surface area contributed by atoms with E-state index in [9.17, 15) is 29.4 Å². The van der Waals surface area contributed by atoms with Crippen molar-refractivity contribution < 1.29 is 33.8 Å². The maximum absolute atomic E-state index is 13.5. The van der Waals surface area contributed by atoms with Crippen LogP contribution in [0.4, 0.5) is 4.79 Å². The fraction of sp³-hybridized carbons (Fsp3) is 0.310. The Hall–Kier alpha value is -4.60. The Bertz CT molecular complexity index is 1240. The number of phenolic OH excluding ortho intramolecular Hbond substituents is 1. The van der Waals surface area contributed by atoms with Crippen molar-refractivity contribution in [2.75, 3.05) is 0 Å². The molecule has 0 bridgehead atoms. The largest absolute Gasteiger partial charge is 0.508 e. The monoisotopic (exact) mass is 535 g/mol. The Balaban J connectivity index is 1.84. The van der Waals surface area contributed by atoms with E-state index < -0.39 is 41.8 Å². The Labute approximate surface area is 226 Å². The fourth-order valence-corrected chi connectivity index (χ4v) is 4.12. The molecule has 0 saturated carbocycles. The van der Waals surface area contributed by atoms with Crippen LogP contribution in [0.3, 0.4) is 0 Å². The van der Waals surface area contributed by atoms with Crippen molar-refractivity contribution in [2.45, 2.75) is 51.2 Å². The molecule has 3 unspecified atom stereocenters. The van der Waals surface area contributed by atoms with Gasteiger partial charge in [-0.15, -0.1) is 0 Å². The molecule has 0 spiro atoms. The minimum atomic E-state index is -1.38. The van der Waals surface area contributed by atoms with E-state index in [2.05, 4.69) is 16.0 Å². The Morgan fingerprint density at radius 3 is 1.85 bits per heavy atom. The van der Waals surface area contributed by atoms with Crippen LogP contribution in [-0.4, -0.2) is 52.0 Å². The highest BCUT2D eigenvalue weighted by Crippen LogP contribution is 2.15. The molecule has 39 heavy (non-hydrogen) atoms. The van der Waals surface area contributed by atoms with Crippen LogP contribution >= 0.6 is 0 Å². The highest BCUT2D eigenvalue weighted by molar-refractivity contribution is 6.01. The summed E-state index contributed by atoms with van der Waals surface area (Å²) in [5.41, 5.74) is 1.36. The minimum Gasteiger partial charge on any atom is -0.508 e. The summed E-state index contributed by atoms with van der Waals surface area (Å²) in [7, 11) is 0. The molecule has 0 saturated heterocycles. The predicted molar refractivity (Wildman–Crippen MR) is 143 cm³/mol. The molecule has 10 nitrogen and oxygen atoms in total. The highest BCUT2D eigenvalue weighted by atomic mass is 16.4. The smallest absolute Gasteiger partial charge is 0.405 e. The predicted octanol–water partition coefficient (Wildman–Crippen LogP) is 3.31. The number of amides is 3. The van der Waals surface area contributed by atoms with Crippen LogP contribution in [0.1, 0.15) is 41.9 Å². The van der Waals surface area contributed by atoms with Gasteiger partial charge in [0.15, 0.2) is 5.76 Å². The van der Waals surface area contributed by atoms with Crippen molar-refractivity contribution >= 4 is 23.7 Å². The number of carbonyl (C=O) groups excluding carboxylic acids is 3. The Morgan fingerprint density at radius 1 is 0.744 bits per heavy atom. The van der Waals surface area contributed by atoms with E-state index in [0.717, 1.165) is 5.56 Å². The first kappa shape index (κ1) is 29.0. The summed E-state index contributed by atoms with van der Waals surface area (Å²) >= 11 is 0. The number of hydrogen-bond acceptors (Lipinski definition) is 6. The molecular formula is C29H33N3O7. The van der Waals surface area contributed by atoms with Gasteiger partial charge in [0.2, 0.25) is 17.6 Å². The molecule has 0 aliphatic rings. The first-order valence-electron chi connectivity index (χ1n) is 12.6. The molecule has 1 heterocycles. The lowest BCUT2D eigenvalue weighted by molar-refractivity contribution is -0.130. The van der Waals surface area contributed by atoms with E-state index in [1.54, 1.807) is 48.5 Å². The number of aromatic hydroxyl groups is 1. The number of carboxylic acid groups (broad SMARTS) is 1. The molecule has 3 atom stereocenters. The summed E-state index contributed by atoms with van der Waals surface area (Å²) in [6, 6.07) is 14.9. The zero-order valence-electron chi connectivity index (χ0n) is 21.8. The molecule has 3 amide bonds. The first-order chi connectivity index (χ1) is 18.6. The van der Waals surface area contributed by atoms with Crippen LogP contribution in [0.2, 0.25) is 0 Å².